The van der Waals surface area contributed by atoms with E-state index in [1.165, 1.54) is 25.7 Å². The lowest BCUT2D eigenvalue weighted by atomic mass is 9.75. The van der Waals surface area contributed by atoms with Crippen molar-refractivity contribution in [2.75, 3.05) is 6.54 Å². The number of hydrogen-bond donors (Lipinski definition) is 1. The molecule has 0 aromatic rings. The van der Waals surface area contributed by atoms with Gasteiger partial charge in [-0.1, -0.05) is 26.7 Å². The minimum absolute atomic E-state index is 0.437. The minimum atomic E-state index is 0.437. The van der Waals surface area contributed by atoms with Crippen molar-refractivity contribution in [1.82, 2.24) is 5.32 Å². The van der Waals surface area contributed by atoms with Gasteiger partial charge in [0.05, 0.1) is 0 Å². The molecular formula is C10H21N. The van der Waals surface area contributed by atoms with Crippen LogP contribution >= 0.6 is 0 Å². The molecule has 66 valence electrons. The molecule has 1 saturated carbocycles. The highest BCUT2D eigenvalue weighted by atomic mass is 15.0. The molecule has 2 atom stereocenters. The smallest absolute Gasteiger partial charge is 0.0178 e. The van der Waals surface area contributed by atoms with Crippen LogP contribution in [-0.4, -0.2) is 12.1 Å². The van der Waals surface area contributed by atoms with Gasteiger partial charge in [-0.25, -0.2) is 0 Å². The van der Waals surface area contributed by atoms with Crippen molar-refractivity contribution in [2.45, 2.75) is 52.0 Å². The van der Waals surface area contributed by atoms with Crippen LogP contribution in [0.5, 0.6) is 0 Å². The van der Waals surface area contributed by atoms with Crippen molar-refractivity contribution in [3.05, 3.63) is 0 Å². The first-order valence-corrected chi connectivity index (χ1v) is 4.94. The molecule has 0 radical (unpaired) electrons. The van der Waals surface area contributed by atoms with Crippen LogP contribution in [0.2, 0.25) is 0 Å². The molecule has 1 N–H and O–H groups in total. The van der Waals surface area contributed by atoms with E-state index in [9.17, 15) is 0 Å². The maximum atomic E-state index is 3.61. The Hall–Kier alpha value is -0.0400. The Morgan fingerprint density at radius 3 is 2.73 bits per heavy atom. The third kappa shape index (κ3) is 1.96. The van der Waals surface area contributed by atoms with Crippen molar-refractivity contribution >= 4 is 0 Å². The third-order valence-corrected chi connectivity index (χ3v) is 3.25. The average molecular weight is 155 g/mol. The molecule has 1 nitrogen and oxygen atoms in total. The molecule has 2 unspecified atom stereocenters. The molecule has 0 heterocycles. The molecule has 0 bridgehead atoms. The van der Waals surface area contributed by atoms with E-state index in [2.05, 4.69) is 26.1 Å². The topological polar surface area (TPSA) is 12.0 Å². The van der Waals surface area contributed by atoms with Gasteiger partial charge in [0, 0.05) is 5.54 Å². The predicted octanol–water partition coefficient (Wildman–Crippen LogP) is 2.56. The molecule has 0 aromatic carbocycles. The van der Waals surface area contributed by atoms with E-state index in [0.29, 0.717) is 5.54 Å². The molecule has 1 rings (SSSR count). The van der Waals surface area contributed by atoms with Gasteiger partial charge in [-0.05, 0) is 32.2 Å². The molecule has 0 aliphatic heterocycles. The zero-order chi connectivity index (χ0) is 8.32. The molecule has 1 aliphatic rings. The maximum Gasteiger partial charge on any atom is 0.0178 e. The summed E-state index contributed by atoms with van der Waals surface area (Å²) in [5, 5.41) is 3.61. The predicted molar refractivity (Wildman–Crippen MR) is 49.7 cm³/mol. The highest BCUT2D eigenvalue weighted by Gasteiger charge is 2.31. The second-order valence-electron chi connectivity index (χ2n) is 4.09. The van der Waals surface area contributed by atoms with Gasteiger partial charge in [0.1, 0.15) is 0 Å². The summed E-state index contributed by atoms with van der Waals surface area (Å²) in [7, 11) is 0. The zero-order valence-electron chi connectivity index (χ0n) is 8.11. The maximum absolute atomic E-state index is 3.61. The zero-order valence-corrected chi connectivity index (χ0v) is 8.11. The summed E-state index contributed by atoms with van der Waals surface area (Å²) in [6, 6.07) is 0. The third-order valence-electron chi connectivity index (χ3n) is 3.25. The summed E-state index contributed by atoms with van der Waals surface area (Å²) in [6.45, 7) is 8.07. The summed E-state index contributed by atoms with van der Waals surface area (Å²) >= 11 is 0. The van der Waals surface area contributed by atoms with Gasteiger partial charge in [0.2, 0.25) is 0 Å². The molecule has 0 amide bonds. The number of hydrogen-bond acceptors (Lipinski definition) is 1. The molecule has 11 heavy (non-hydrogen) atoms. The van der Waals surface area contributed by atoms with Gasteiger partial charge in [-0.15, -0.1) is 0 Å². The fourth-order valence-electron chi connectivity index (χ4n) is 2.17. The lowest BCUT2D eigenvalue weighted by Crippen LogP contribution is -2.49. The average Bonchev–Trinajstić information content (AvgIpc) is 1.96. The van der Waals surface area contributed by atoms with Crippen molar-refractivity contribution in [1.29, 1.82) is 0 Å². The van der Waals surface area contributed by atoms with Crippen LogP contribution in [0, 0.1) is 5.92 Å². The number of rotatable bonds is 2. The van der Waals surface area contributed by atoms with Gasteiger partial charge >= 0.3 is 0 Å². The van der Waals surface area contributed by atoms with Gasteiger partial charge in [-0.3, -0.25) is 0 Å². The van der Waals surface area contributed by atoms with Crippen LogP contribution in [-0.2, 0) is 0 Å². The normalized spacial score (nSPS) is 39.0. The van der Waals surface area contributed by atoms with Crippen molar-refractivity contribution in [2.24, 2.45) is 5.92 Å². The van der Waals surface area contributed by atoms with Crippen molar-refractivity contribution in [3.63, 3.8) is 0 Å². The van der Waals surface area contributed by atoms with Crippen LogP contribution in [0.3, 0.4) is 0 Å². The molecule has 1 aliphatic carbocycles. The SMILES string of the molecule is CCNC1(C)CCCCC1C. The summed E-state index contributed by atoms with van der Waals surface area (Å²) in [6.07, 6.45) is 5.61. The monoisotopic (exact) mass is 155 g/mol. The molecule has 1 heteroatoms. The first-order valence-electron chi connectivity index (χ1n) is 4.94. The Bertz CT molecular complexity index is 118. The Kier molecular flexibility index (Phi) is 2.94. The van der Waals surface area contributed by atoms with Crippen molar-refractivity contribution < 1.29 is 0 Å². The van der Waals surface area contributed by atoms with E-state index < -0.39 is 0 Å². The van der Waals surface area contributed by atoms with E-state index in [1.54, 1.807) is 0 Å². The van der Waals surface area contributed by atoms with Crippen molar-refractivity contribution in [3.8, 4) is 0 Å². The quantitative estimate of drug-likeness (QED) is 0.646. The van der Waals surface area contributed by atoms with Gasteiger partial charge in [0.15, 0.2) is 0 Å². The van der Waals surface area contributed by atoms with Gasteiger partial charge < -0.3 is 5.32 Å². The molecule has 0 saturated heterocycles. The molecule has 0 spiro atoms. The second kappa shape index (κ2) is 3.57. The first-order chi connectivity index (χ1) is 5.19. The van der Waals surface area contributed by atoms with Crippen LogP contribution in [0.15, 0.2) is 0 Å². The molecular weight excluding hydrogens is 134 g/mol. The van der Waals surface area contributed by atoms with E-state index >= 15 is 0 Å². The highest BCUT2D eigenvalue weighted by Crippen LogP contribution is 2.32. The summed E-state index contributed by atoms with van der Waals surface area (Å²) in [4.78, 5) is 0. The fraction of sp³-hybridized carbons (Fsp3) is 1.00. The largest absolute Gasteiger partial charge is 0.312 e. The summed E-state index contributed by atoms with van der Waals surface area (Å²) in [5.74, 6) is 0.858. The second-order valence-corrected chi connectivity index (χ2v) is 4.09. The van der Waals surface area contributed by atoms with E-state index in [-0.39, 0.29) is 0 Å². The van der Waals surface area contributed by atoms with Crippen LogP contribution < -0.4 is 5.32 Å². The number of nitrogens with one attached hydrogen (secondary N) is 1. The first kappa shape index (κ1) is 9.05. The highest BCUT2D eigenvalue weighted by molar-refractivity contribution is 4.90. The summed E-state index contributed by atoms with van der Waals surface area (Å²) in [5.41, 5.74) is 0.437. The van der Waals surface area contributed by atoms with Crippen LogP contribution in [0.1, 0.15) is 46.5 Å². The Morgan fingerprint density at radius 1 is 1.45 bits per heavy atom. The van der Waals surface area contributed by atoms with E-state index in [4.69, 9.17) is 0 Å². The van der Waals surface area contributed by atoms with E-state index in [0.717, 1.165) is 12.5 Å². The lowest BCUT2D eigenvalue weighted by Gasteiger charge is -2.40. The summed E-state index contributed by atoms with van der Waals surface area (Å²) < 4.78 is 0. The van der Waals surface area contributed by atoms with Gasteiger partial charge in [-0.2, -0.15) is 0 Å². The molecule has 1 fully saturated rings. The Morgan fingerprint density at radius 2 is 2.18 bits per heavy atom. The Balaban J connectivity index is 2.49. The van der Waals surface area contributed by atoms with E-state index in [1.807, 2.05) is 0 Å². The van der Waals surface area contributed by atoms with Gasteiger partial charge in [0.25, 0.3) is 0 Å². The lowest BCUT2D eigenvalue weighted by molar-refractivity contribution is 0.177. The minimum Gasteiger partial charge on any atom is -0.312 e. The standard InChI is InChI=1S/C10H21N/c1-4-11-10(3)8-6-5-7-9(10)2/h9,11H,4-8H2,1-3H3. The van der Waals surface area contributed by atoms with Crippen LogP contribution in [0.25, 0.3) is 0 Å². The van der Waals surface area contributed by atoms with Crippen LogP contribution in [0.4, 0.5) is 0 Å². The Labute approximate surface area is 70.6 Å². The molecule has 0 aromatic heterocycles. The fourth-order valence-corrected chi connectivity index (χ4v) is 2.17.